The summed E-state index contributed by atoms with van der Waals surface area (Å²) < 4.78 is 6.51. The minimum Gasteiger partial charge on any atom is -0.455 e. The molecule has 1 aromatic heterocycles. The number of fused-ring (bicyclic) bond motifs is 12. The Morgan fingerprint density at radius 3 is 1.34 bits per heavy atom. The summed E-state index contributed by atoms with van der Waals surface area (Å²) in [4.78, 5) is 2.41. The average molecular weight is 892 g/mol. The molecule has 70 heavy (non-hydrogen) atoms. The Hall–Kier alpha value is -8.98. The van der Waals surface area contributed by atoms with Crippen LogP contribution in [0.4, 0.5) is 17.1 Å². The maximum Gasteiger partial charge on any atom is 0.143 e. The Labute approximate surface area is 408 Å². The first kappa shape index (κ1) is 40.1. The molecule has 0 bridgehead atoms. The van der Waals surface area contributed by atoms with Crippen LogP contribution in [0.5, 0.6) is 0 Å². The molecule has 0 aliphatic heterocycles. The normalized spacial score (nSPS) is 13.7. The summed E-state index contributed by atoms with van der Waals surface area (Å²) in [5.74, 6) is 0. The highest BCUT2D eigenvalue weighted by Gasteiger charge is 2.56. The molecule has 0 amide bonds. The topological polar surface area (TPSA) is 16.4 Å². The maximum atomic E-state index is 6.51. The van der Waals surface area contributed by atoms with Crippen LogP contribution in [0.25, 0.3) is 55.3 Å². The Bertz CT molecular complexity index is 3840. The zero-order chi connectivity index (χ0) is 46.2. The van der Waals surface area contributed by atoms with E-state index in [1.165, 1.54) is 66.8 Å². The molecule has 0 N–H and O–H groups in total. The van der Waals surface area contributed by atoms with Gasteiger partial charge in [-0.2, -0.15) is 0 Å². The van der Waals surface area contributed by atoms with Gasteiger partial charge in [-0.25, -0.2) is 0 Å². The first-order valence-corrected chi connectivity index (χ1v) is 24.2. The van der Waals surface area contributed by atoms with Crippen LogP contribution < -0.4 is 4.90 Å². The highest BCUT2D eigenvalue weighted by molar-refractivity contribution is 6.09. The number of rotatable bonds is 7. The van der Waals surface area contributed by atoms with Gasteiger partial charge in [0.05, 0.1) is 10.8 Å². The van der Waals surface area contributed by atoms with E-state index in [9.17, 15) is 0 Å². The van der Waals surface area contributed by atoms with E-state index in [0.29, 0.717) is 0 Å². The Morgan fingerprint density at radius 1 is 0.271 bits per heavy atom. The van der Waals surface area contributed by atoms with E-state index >= 15 is 0 Å². The molecule has 0 unspecified atom stereocenters. The van der Waals surface area contributed by atoms with E-state index in [1.807, 2.05) is 6.07 Å². The fourth-order valence-corrected chi connectivity index (χ4v) is 12.4. The molecule has 0 saturated heterocycles. The monoisotopic (exact) mass is 891 g/mol. The van der Waals surface area contributed by atoms with Crippen molar-refractivity contribution in [2.24, 2.45) is 0 Å². The Kier molecular flexibility index (Phi) is 9.06. The lowest BCUT2D eigenvalue weighted by Gasteiger charge is -2.50. The van der Waals surface area contributed by atoms with Crippen molar-refractivity contribution in [3.8, 4) is 33.4 Å². The molecular formula is C68H45NO. The zero-order valence-electron chi connectivity index (χ0n) is 38.3. The average Bonchev–Trinajstić information content (AvgIpc) is 3.97. The third-order valence-electron chi connectivity index (χ3n) is 15.2. The van der Waals surface area contributed by atoms with Crippen molar-refractivity contribution in [3.05, 3.63) is 317 Å². The summed E-state index contributed by atoms with van der Waals surface area (Å²) >= 11 is 0. The quantitative estimate of drug-likeness (QED) is 0.159. The zero-order valence-corrected chi connectivity index (χ0v) is 38.3. The van der Waals surface area contributed by atoms with Crippen molar-refractivity contribution in [1.29, 1.82) is 0 Å². The molecule has 12 aromatic rings. The standard InChI is InChI=1S/C68H45NO/c1-4-19-46(20-5-1)47-35-39-51(40-36-47)69(52-41-37-48(38-42-52)54-27-18-28-57-56-26-11-17-34-65(56)70-66(54)57)53-43-44-60-58(45-53)55-25-10-12-29-59(55)68(60)63-32-15-13-30-61(63)67(49-21-6-2-7-22-49,50-23-8-3-9-24-50)62-31-14-16-33-64(62)68/h1-45H. The van der Waals surface area contributed by atoms with Crippen LogP contribution in [-0.2, 0) is 10.8 Å². The largest absolute Gasteiger partial charge is 0.455 e. The lowest BCUT2D eigenvalue weighted by Crippen LogP contribution is -2.44. The molecule has 11 aromatic carbocycles. The second-order valence-electron chi connectivity index (χ2n) is 18.7. The van der Waals surface area contributed by atoms with Gasteiger partial charge in [-0.1, -0.05) is 231 Å². The molecule has 14 rings (SSSR count). The summed E-state index contributed by atoms with van der Waals surface area (Å²) in [5, 5.41) is 2.26. The lowest BCUT2D eigenvalue weighted by molar-refractivity contribution is 0.623. The number of furan rings is 1. The molecule has 0 saturated carbocycles. The summed E-state index contributed by atoms with van der Waals surface area (Å²) in [6.07, 6.45) is 0. The van der Waals surface area contributed by atoms with E-state index in [1.54, 1.807) is 0 Å². The third kappa shape index (κ3) is 5.74. The van der Waals surface area contributed by atoms with Gasteiger partial charge in [0.25, 0.3) is 0 Å². The van der Waals surface area contributed by atoms with Gasteiger partial charge >= 0.3 is 0 Å². The SMILES string of the molecule is c1ccc(-c2ccc(N(c3ccc(-c4cccc5c4oc4ccccc45)cc3)c3ccc4c(c3)-c3ccccc3C43c4ccccc4C(c4ccccc4)(c4ccccc4)c4ccccc43)cc2)cc1. The van der Waals surface area contributed by atoms with E-state index in [-0.39, 0.29) is 0 Å². The van der Waals surface area contributed by atoms with Crippen molar-refractivity contribution in [1.82, 2.24) is 0 Å². The molecule has 2 nitrogen and oxygen atoms in total. The fraction of sp³-hybridized carbons (Fsp3) is 0.0294. The van der Waals surface area contributed by atoms with Crippen molar-refractivity contribution in [3.63, 3.8) is 0 Å². The molecule has 328 valence electrons. The lowest BCUT2D eigenvalue weighted by atomic mass is 9.51. The van der Waals surface area contributed by atoms with E-state index in [0.717, 1.165) is 50.1 Å². The minimum atomic E-state index is -0.577. The van der Waals surface area contributed by atoms with Crippen LogP contribution >= 0.6 is 0 Å². The minimum absolute atomic E-state index is 0.552. The fourth-order valence-electron chi connectivity index (χ4n) is 12.4. The molecule has 0 radical (unpaired) electrons. The van der Waals surface area contributed by atoms with E-state index in [4.69, 9.17) is 4.42 Å². The van der Waals surface area contributed by atoms with Crippen molar-refractivity contribution >= 4 is 39.0 Å². The molecule has 1 heterocycles. The maximum absolute atomic E-state index is 6.51. The van der Waals surface area contributed by atoms with Crippen molar-refractivity contribution < 1.29 is 4.42 Å². The van der Waals surface area contributed by atoms with E-state index < -0.39 is 10.8 Å². The molecular weight excluding hydrogens is 847 g/mol. The van der Waals surface area contributed by atoms with Crippen LogP contribution in [0.3, 0.4) is 0 Å². The third-order valence-corrected chi connectivity index (χ3v) is 15.2. The number of para-hydroxylation sites is 2. The molecule has 0 fully saturated rings. The second-order valence-corrected chi connectivity index (χ2v) is 18.7. The molecule has 2 aliphatic rings. The number of nitrogens with zero attached hydrogens (tertiary/aromatic N) is 1. The van der Waals surface area contributed by atoms with Gasteiger partial charge in [0.15, 0.2) is 0 Å². The van der Waals surface area contributed by atoms with Crippen molar-refractivity contribution in [2.45, 2.75) is 10.8 Å². The number of anilines is 3. The molecule has 2 aliphatic carbocycles. The van der Waals surface area contributed by atoms with Crippen LogP contribution in [0.15, 0.2) is 277 Å². The predicted molar refractivity (Wildman–Crippen MR) is 288 cm³/mol. The first-order valence-electron chi connectivity index (χ1n) is 24.2. The van der Waals surface area contributed by atoms with Gasteiger partial charge in [-0.15, -0.1) is 0 Å². The smallest absolute Gasteiger partial charge is 0.143 e. The van der Waals surface area contributed by atoms with Gasteiger partial charge in [0.1, 0.15) is 11.2 Å². The summed E-state index contributed by atoms with van der Waals surface area (Å²) in [6.45, 7) is 0. The highest BCUT2D eigenvalue weighted by atomic mass is 16.3. The van der Waals surface area contributed by atoms with Gasteiger partial charge < -0.3 is 9.32 Å². The highest BCUT2D eigenvalue weighted by Crippen LogP contribution is 2.65. The van der Waals surface area contributed by atoms with E-state index in [2.05, 4.69) is 272 Å². The molecule has 2 heteroatoms. The second kappa shape index (κ2) is 15.8. The number of hydrogen-bond donors (Lipinski definition) is 0. The van der Waals surface area contributed by atoms with Crippen molar-refractivity contribution in [2.75, 3.05) is 4.90 Å². The first-order chi connectivity index (χ1) is 34.7. The summed E-state index contributed by atoms with van der Waals surface area (Å²) in [5.41, 5.74) is 21.3. The van der Waals surface area contributed by atoms with Crippen LogP contribution in [0.1, 0.15) is 44.5 Å². The summed E-state index contributed by atoms with van der Waals surface area (Å²) in [6, 6.07) is 101. The van der Waals surface area contributed by atoms with Crippen LogP contribution in [0.2, 0.25) is 0 Å². The summed E-state index contributed by atoms with van der Waals surface area (Å²) in [7, 11) is 0. The molecule has 0 atom stereocenters. The molecule has 1 spiro atoms. The van der Waals surface area contributed by atoms with Gasteiger partial charge in [0.2, 0.25) is 0 Å². The van der Waals surface area contributed by atoms with Crippen LogP contribution in [-0.4, -0.2) is 0 Å². The van der Waals surface area contributed by atoms with Gasteiger partial charge in [0, 0.05) is 33.4 Å². The van der Waals surface area contributed by atoms with Gasteiger partial charge in [-0.05, 0) is 115 Å². The Balaban J connectivity index is 0.973. The Morgan fingerprint density at radius 2 is 0.714 bits per heavy atom. The predicted octanol–water partition coefficient (Wildman–Crippen LogP) is 17.4. The van der Waals surface area contributed by atoms with Gasteiger partial charge in [-0.3, -0.25) is 0 Å². The van der Waals surface area contributed by atoms with Crippen LogP contribution in [0, 0.1) is 0 Å². The number of hydrogen-bond acceptors (Lipinski definition) is 2. The number of benzene rings is 11.